The van der Waals surface area contributed by atoms with Crippen LogP contribution in [0, 0.1) is 0 Å². The van der Waals surface area contributed by atoms with Crippen LogP contribution in [-0.2, 0) is 13.1 Å². The van der Waals surface area contributed by atoms with Crippen molar-refractivity contribution < 1.29 is 4.42 Å². The largest absolute Gasteiger partial charge is 0.467 e. The van der Waals surface area contributed by atoms with E-state index in [2.05, 4.69) is 59.4 Å². The molecule has 0 radical (unpaired) electrons. The molecule has 0 atom stereocenters. The standard InChI is InChI=1S/C17H23N3O/c1-3-18-11-14-10-15(21-13-14)12-20-9-8-19(2)16-6-4-5-7-17(16)20/h4-7,10,13,18H,3,8-9,11-12H2,1-2H3. The van der Waals surface area contributed by atoms with Gasteiger partial charge in [0.15, 0.2) is 0 Å². The molecule has 2 heterocycles. The van der Waals surface area contributed by atoms with E-state index in [1.165, 1.54) is 16.9 Å². The number of anilines is 2. The summed E-state index contributed by atoms with van der Waals surface area (Å²) < 4.78 is 5.71. The number of nitrogens with zero attached hydrogens (tertiary/aromatic N) is 2. The average molecular weight is 285 g/mol. The average Bonchev–Trinajstić information content (AvgIpc) is 2.96. The second-order valence-corrected chi connectivity index (χ2v) is 5.53. The first-order valence-electron chi connectivity index (χ1n) is 7.60. The number of likely N-dealkylation sites (N-methyl/N-ethyl adjacent to an activating group) is 1. The zero-order valence-corrected chi connectivity index (χ0v) is 12.8. The predicted octanol–water partition coefficient (Wildman–Crippen LogP) is 2.85. The third-order valence-corrected chi connectivity index (χ3v) is 3.97. The molecule has 1 aromatic carbocycles. The van der Waals surface area contributed by atoms with Gasteiger partial charge in [-0.3, -0.25) is 0 Å². The van der Waals surface area contributed by atoms with E-state index < -0.39 is 0 Å². The smallest absolute Gasteiger partial charge is 0.123 e. The topological polar surface area (TPSA) is 31.7 Å². The van der Waals surface area contributed by atoms with Crippen molar-refractivity contribution in [1.29, 1.82) is 0 Å². The Labute approximate surface area is 126 Å². The minimum Gasteiger partial charge on any atom is -0.467 e. The summed E-state index contributed by atoms with van der Waals surface area (Å²) in [5.74, 6) is 1.03. The highest BCUT2D eigenvalue weighted by molar-refractivity contribution is 5.73. The first kappa shape index (κ1) is 14.0. The SMILES string of the molecule is CCNCc1coc(CN2CCN(C)c3ccccc32)c1. The number of fused-ring (bicyclic) bond motifs is 1. The Morgan fingerprint density at radius 3 is 2.81 bits per heavy atom. The normalized spacial score (nSPS) is 14.4. The van der Waals surface area contributed by atoms with E-state index >= 15 is 0 Å². The Morgan fingerprint density at radius 1 is 1.19 bits per heavy atom. The Balaban J connectivity index is 1.73. The van der Waals surface area contributed by atoms with Crippen molar-refractivity contribution in [3.8, 4) is 0 Å². The van der Waals surface area contributed by atoms with Crippen molar-refractivity contribution in [2.24, 2.45) is 0 Å². The maximum absolute atomic E-state index is 5.71. The zero-order chi connectivity index (χ0) is 14.7. The zero-order valence-electron chi connectivity index (χ0n) is 12.8. The molecule has 0 fully saturated rings. The molecule has 1 aliphatic heterocycles. The third-order valence-electron chi connectivity index (χ3n) is 3.97. The molecule has 4 nitrogen and oxygen atoms in total. The maximum Gasteiger partial charge on any atom is 0.123 e. The van der Waals surface area contributed by atoms with E-state index in [1.807, 2.05) is 6.26 Å². The molecule has 0 spiro atoms. The van der Waals surface area contributed by atoms with E-state index in [-0.39, 0.29) is 0 Å². The summed E-state index contributed by atoms with van der Waals surface area (Å²) >= 11 is 0. The molecule has 21 heavy (non-hydrogen) atoms. The van der Waals surface area contributed by atoms with Crippen LogP contribution in [-0.4, -0.2) is 26.7 Å². The van der Waals surface area contributed by atoms with Gasteiger partial charge in [0.1, 0.15) is 5.76 Å². The molecular formula is C17H23N3O. The number of nitrogens with one attached hydrogen (secondary N) is 1. The number of hydrogen-bond acceptors (Lipinski definition) is 4. The van der Waals surface area contributed by atoms with Gasteiger partial charge < -0.3 is 19.5 Å². The van der Waals surface area contributed by atoms with Crippen LogP contribution in [0.2, 0.25) is 0 Å². The van der Waals surface area contributed by atoms with Crippen LogP contribution < -0.4 is 15.1 Å². The van der Waals surface area contributed by atoms with Gasteiger partial charge in [-0.15, -0.1) is 0 Å². The van der Waals surface area contributed by atoms with Crippen molar-refractivity contribution in [1.82, 2.24) is 5.32 Å². The molecule has 1 aliphatic rings. The molecule has 0 saturated heterocycles. The first-order valence-corrected chi connectivity index (χ1v) is 7.60. The van der Waals surface area contributed by atoms with Gasteiger partial charge in [0.2, 0.25) is 0 Å². The number of para-hydroxylation sites is 2. The third kappa shape index (κ3) is 3.05. The van der Waals surface area contributed by atoms with Gasteiger partial charge in [-0.05, 0) is 24.7 Å². The van der Waals surface area contributed by atoms with Gasteiger partial charge in [0, 0.05) is 32.2 Å². The Kier molecular flexibility index (Phi) is 4.15. The molecule has 1 aromatic heterocycles. The molecule has 0 unspecified atom stereocenters. The van der Waals surface area contributed by atoms with Crippen molar-refractivity contribution in [3.63, 3.8) is 0 Å². The molecule has 2 aromatic rings. The van der Waals surface area contributed by atoms with E-state index in [1.54, 1.807) is 0 Å². The lowest BCUT2D eigenvalue weighted by Crippen LogP contribution is -2.38. The maximum atomic E-state index is 5.71. The lowest BCUT2D eigenvalue weighted by Gasteiger charge is -2.36. The van der Waals surface area contributed by atoms with Gasteiger partial charge in [-0.25, -0.2) is 0 Å². The summed E-state index contributed by atoms with van der Waals surface area (Å²) in [6.07, 6.45) is 1.86. The quantitative estimate of drug-likeness (QED) is 0.915. The fourth-order valence-corrected chi connectivity index (χ4v) is 2.79. The van der Waals surface area contributed by atoms with E-state index in [0.29, 0.717) is 0 Å². The van der Waals surface area contributed by atoms with Gasteiger partial charge in [0.25, 0.3) is 0 Å². The highest BCUT2D eigenvalue weighted by Gasteiger charge is 2.20. The highest BCUT2D eigenvalue weighted by Crippen LogP contribution is 2.32. The summed E-state index contributed by atoms with van der Waals surface area (Å²) in [6.45, 7) is 6.86. The fourth-order valence-electron chi connectivity index (χ4n) is 2.79. The number of rotatable bonds is 5. The van der Waals surface area contributed by atoms with Crippen LogP contribution in [0.25, 0.3) is 0 Å². The molecule has 0 bridgehead atoms. The van der Waals surface area contributed by atoms with Crippen LogP contribution in [0.1, 0.15) is 18.2 Å². The molecule has 0 amide bonds. The lowest BCUT2D eigenvalue weighted by molar-refractivity contribution is 0.498. The van der Waals surface area contributed by atoms with Crippen LogP contribution in [0.3, 0.4) is 0 Å². The van der Waals surface area contributed by atoms with Crippen molar-refractivity contribution in [2.45, 2.75) is 20.0 Å². The van der Waals surface area contributed by atoms with Crippen molar-refractivity contribution >= 4 is 11.4 Å². The van der Waals surface area contributed by atoms with E-state index in [0.717, 1.165) is 38.5 Å². The van der Waals surface area contributed by atoms with Crippen LogP contribution in [0.5, 0.6) is 0 Å². The monoisotopic (exact) mass is 285 g/mol. The van der Waals surface area contributed by atoms with E-state index in [9.17, 15) is 0 Å². The van der Waals surface area contributed by atoms with Gasteiger partial charge in [-0.2, -0.15) is 0 Å². The van der Waals surface area contributed by atoms with Crippen LogP contribution in [0.4, 0.5) is 11.4 Å². The minimum absolute atomic E-state index is 0.830. The lowest BCUT2D eigenvalue weighted by atomic mass is 10.1. The molecular weight excluding hydrogens is 262 g/mol. The minimum atomic E-state index is 0.830. The van der Waals surface area contributed by atoms with Crippen molar-refractivity contribution in [2.75, 3.05) is 36.5 Å². The Hall–Kier alpha value is -1.94. The molecule has 0 saturated carbocycles. The molecule has 4 heteroatoms. The fraction of sp³-hybridized carbons (Fsp3) is 0.412. The van der Waals surface area contributed by atoms with Gasteiger partial charge in [-0.1, -0.05) is 19.1 Å². The highest BCUT2D eigenvalue weighted by atomic mass is 16.3. The molecule has 1 N–H and O–H groups in total. The van der Waals surface area contributed by atoms with Gasteiger partial charge >= 0.3 is 0 Å². The Bertz CT molecular complexity index is 593. The van der Waals surface area contributed by atoms with Crippen LogP contribution in [0.15, 0.2) is 41.0 Å². The number of furan rings is 1. The first-order chi connectivity index (χ1) is 10.3. The number of hydrogen-bond donors (Lipinski definition) is 1. The predicted molar refractivity (Wildman–Crippen MR) is 86.9 cm³/mol. The summed E-state index contributed by atoms with van der Waals surface area (Å²) in [6, 6.07) is 10.7. The summed E-state index contributed by atoms with van der Waals surface area (Å²) in [4.78, 5) is 4.70. The summed E-state index contributed by atoms with van der Waals surface area (Å²) in [5.41, 5.74) is 3.80. The number of benzene rings is 1. The summed E-state index contributed by atoms with van der Waals surface area (Å²) in [5, 5.41) is 3.32. The second kappa shape index (κ2) is 6.22. The van der Waals surface area contributed by atoms with E-state index in [4.69, 9.17) is 4.42 Å². The molecule has 112 valence electrons. The second-order valence-electron chi connectivity index (χ2n) is 5.53. The summed E-state index contributed by atoms with van der Waals surface area (Å²) in [7, 11) is 2.15. The molecule has 3 rings (SSSR count). The van der Waals surface area contributed by atoms with Crippen molar-refractivity contribution in [3.05, 3.63) is 47.9 Å². The molecule has 0 aliphatic carbocycles. The Morgan fingerprint density at radius 2 is 2.00 bits per heavy atom. The van der Waals surface area contributed by atoms with Crippen LogP contribution >= 0.6 is 0 Å². The van der Waals surface area contributed by atoms with Gasteiger partial charge in [0.05, 0.1) is 24.2 Å².